The van der Waals surface area contributed by atoms with Crippen LogP contribution in [0.4, 0.5) is 5.82 Å². The Morgan fingerprint density at radius 1 is 1.38 bits per heavy atom. The molecule has 0 unspecified atom stereocenters. The van der Waals surface area contributed by atoms with Crippen molar-refractivity contribution >= 4 is 35.0 Å². The Bertz CT molecular complexity index is 572. The molecule has 1 rings (SSSR count). The fourth-order valence-electron chi connectivity index (χ4n) is 2.50. The van der Waals surface area contributed by atoms with Gasteiger partial charge in [0.25, 0.3) is 0 Å². The van der Waals surface area contributed by atoms with Crippen LogP contribution in [0.3, 0.4) is 0 Å². The molecule has 0 saturated heterocycles. The minimum Gasteiger partial charge on any atom is -1.00 e. The van der Waals surface area contributed by atoms with Gasteiger partial charge in [0.05, 0.1) is 45.6 Å². The molecular weight excluding hydrogens is 381 g/mol. The molecule has 0 N–H and O–H groups in total. The molecule has 1 heterocycles. The quantitative estimate of drug-likeness (QED) is 0.184. The number of quaternary nitrogens is 1. The first-order valence-corrected chi connectivity index (χ1v) is 8.32. The summed E-state index contributed by atoms with van der Waals surface area (Å²) in [5, 5.41) is 11.4. The molecule has 1 aromatic rings. The van der Waals surface area contributed by atoms with E-state index in [9.17, 15) is 14.9 Å². The molecule has 7 nitrogen and oxygen atoms in total. The van der Waals surface area contributed by atoms with E-state index >= 15 is 0 Å². The number of esters is 1. The van der Waals surface area contributed by atoms with Crippen LogP contribution in [0.5, 0.6) is 0 Å². The molecule has 0 aliphatic heterocycles. The van der Waals surface area contributed by atoms with Crippen molar-refractivity contribution in [3.05, 3.63) is 27.4 Å². The Morgan fingerprint density at radius 3 is 2.33 bits per heavy atom. The lowest BCUT2D eigenvalue weighted by molar-refractivity contribution is -0.918. The van der Waals surface area contributed by atoms with Crippen LogP contribution >= 0.6 is 23.2 Å². The number of alkyl halides is 2. The van der Waals surface area contributed by atoms with Gasteiger partial charge in [-0.15, -0.1) is 23.2 Å². The number of nitrogens with zero attached hydrogens (tertiary/aromatic N) is 3. The van der Waals surface area contributed by atoms with E-state index in [1.807, 2.05) is 7.05 Å². The number of rotatable bonds is 9. The third kappa shape index (κ3) is 5.51. The van der Waals surface area contributed by atoms with Gasteiger partial charge in [-0.25, -0.2) is 9.36 Å². The summed E-state index contributed by atoms with van der Waals surface area (Å²) in [6.07, 6.45) is 0. The lowest BCUT2D eigenvalue weighted by Gasteiger charge is -2.32. The minimum absolute atomic E-state index is 0. The number of ether oxygens (including phenoxy) is 1. The predicted octanol–water partition coefficient (Wildman–Crippen LogP) is -0.462. The van der Waals surface area contributed by atoms with E-state index in [4.69, 9.17) is 27.9 Å². The number of nitro groups is 1. The number of hydrogen-bond acceptors (Lipinski definition) is 4. The maximum absolute atomic E-state index is 12.0. The molecule has 10 heteroatoms. The largest absolute Gasteiger partial charge is 1.00 e. The molecule has 0 radical (unpaired) electrons. The van der Waals surface area contributed by atoms with Gasteiger partial charge in [0.1, 0.15) is 12.1 Å². The Kier molecular flexibility index (Phi) is 9.65. The Morgan fingerprint density at radius 2 is 1.92 bits per heavy atom. The predicted molar refractivity (Wildman–Crippen MR) is 89.1 cm³/mol. The molecule has 0 spiro atoms. The smallest absolute Gasteiger partial charge is 0.378 e. The minimum atomic E-state index is -0.576. The lowest BCUT2D eigenvalue weighted by atomic mass is 10.2. The third-order valence-corrected chi connectivity index (χ3v) is 4.07. The zero-order valence-electron chi connectivity index (χ0n) is 13.9. The number of hydrogen-bond donors (Lipinski definition) is 0. The van der Waals surface area contributed by atoms with E-state index in [2.05, 4.69) is 0 Å². The van der Waals surface area contributed by atoms with Gasteiger partial charge in [0.15, 0.2) is 0 Å². The van der Waals surface area contributed by atoms with E-state index in [0.717, 1.165) is 0 Å². The van der Waals surface area contributed by atoms with Crippen molar-refractivity contribution < 1.29 is 31.3 Å². The molecular formula is C14H22Cl3N3O4. The summed E-state index contributed by atoms with van der Waals surface area (Å²) < 4.78 is 6.67. The fraction of sp³-hybridized carbons (Fsp3) is 0.643. The summed E-state index contributed by atoms with van der Waals surface area (Å²) in [4.78, 5) is 22.9. The topological polar surface area (TPSA) is 74.4 Å². The van der Waals surface area contributed by atoms with Gasteiger partial charge in [-0.2, -0.15) is 0 Å². The molecule has 1 aromatic heterocycles. The Labute approximate surface area is 157 Å². The van der Waals surface area contributed by atoms with Crippen LogP contribution in [0, 0.1) is 10.1 Å². The van der Waals surface area contributed by atoms with Gasteiger partial charge >= 0.3 is 11.8 Å². The number of carbonyl (C=O) groups excluding carboxylic acids is 1. The first-order chi connectivity index (χ1) is 10.8. The molecule has 0 fully saturated rings. The van der Waals surface area contributed by atoms with Crippen LogP contribution in [0.25, 0.3) is 0 Å². The normalized spacial score (nSPS) is 11.0. The SMILES string of the molecule is CCOC(=O)c1cc(C[N+](C)(CCCl)CCCl)c([N+](=O)[O-])n1C.[Cl-]. The number of aromatic nitrogens is 1. The molecule has 0 aliphatic rings. The highest BCUT2D eigenvalue weighted by molar-refractivity contribution is 6.18. The van der Waals surface area contributed by atoms with Crippen molar-refractivity contribution in [1.29, 1.82) is 0 Å². The van der Waals surface area contributed by atoms with Crippen LogP contribution in [0.2, 0.25) is 0 Å². The summed E-state index contributed by atoms with van der Waals surface area (Å²) in [5.41, 5.74) is 0.634. The lowest BCUT2D eigenvalue weighted by Crippen LogP contribution is -3.00. The standard InChI is InChI=1S/C14H22Cl2N3O4.ClH/c1-4-23-14(20)12-9-11(13(17(12)2)18(21)22)10-19(3,7-5-15)8-6-16;/h9H,4-8,10H2,1-3H3;1H/q+1;/p-1. The van der Waals surface area contributed by atoms with Crippen LogP contribution in [-0.2, 0) is 18.3 Å². The highest BCUT2D eigenvalue weighted by Gasteiger charge is 2.32. The average molecular weight is 403 g/mol. The first-order valence-electron chi connectivity index (χ1n) is 7.25. The maximum atomic E-state index is 12.0. The van der Waals surface area contributed by atoms with Crippen LogP contribution in [-0.4, -0.2) is 58.4 Å². The van der Waals surface area contributed by atoms with Gasteiger partial charge < -0.3 is 31.7 Å². The zero-order valence-corrected chi connectivity index (χ0v) is 16.2. The Hall–Kier alpha value is -1.02. The van der Waals surface area contributed by atoms with Gasteiger partial charge in [-0.05, 0) is 11.8 Å². The zero-order chi connectivity index (χ0) is 17.6. The molecule has 0 amide bonds. The van der Waals surface area contributed by atoms with Crippen molar-refractivity contribution in [3.8, 4) is 0 Å². The first kappa shape index (κ1) is 23.0. The third-order valence-electron chi connectivity index (χ3n) is 3.74. The average Bonchev–Trinajstić information content (AvgIpc) is 2.75. The van der Waals surface area contributed by atoms with Crippen LogP contribution < -0.4 is 12.4 Å². The van der Waals surface area contributed by atoms with Gasteiger partial charge in [-0.1, -0.05) is 0 Å². The molecule has 0 bridgehead atoms. The Balaban J connectivity index is 0.00000529. The van der Waals surface area contributed by atoms with Crippen molar-refractivity contribution in [3.63, 3.8) is 0 Å². The second kappa shape index (κ2) is 10.1. The van der Waals surface area contributed by atoms with Gasteiger partial charge in [0.2, 0.25) is 5.69 Å². The van der Waals surface area contributed by atoms with Crippen molar-refractivity contribution in [1.82, 2.24) is 4.57 Å². The van der Waals surface area contributed by atoms with Crippen molar-refractivity contribution in [2.24, 2.45) is 7.05 Å². The van der Waals surface area contributed by atoms with Gasteiger partial charge in [0, 0.05) is 6.07 Å². The molecule has 0 aliphatic carbocycles. The fourth-order valence-corrected chi connectivity index (χ4v) is 3.32. The molecule has 0 aromatic carbocycles. The molecule has 0 saturated carbocycles. The van der Waals surface area contributed by atoms with E-state index < -0.39 is 10.9 Å². The second-order valence-electron chi connectivity index (χ2n) is 5.52. The van der Waals surface area contributed by atoms with E-state index in [1.54, 1.807) is 6.92 Å². The van der Waals surface area contributed by atoms with Crippen molar-refractivity contribution in [2.45, 2.75) is 13.5 Å². The summed E-state index contributed by atoms with van der Waals surface area (Å²) in [6.45, 7) is 3.50. The summed E-state index contributed by atoms with van der Waals surface area (Å²) in [7, 11) is 3.42. The highest BCUT2D eigenvalue weighted by atomic mass is 35.5. The second-order valence-corrected chi connectivity index (χ2v) is 6.27. The number of halogens is 3. The van der Waals surface area contributed by atoms with E-state index in [1.165, 1.54) is 17.7 Å². The summed E-state index contributed by atoms with van der Waals surface area (Å²) >= 11 is 11.7. The highest BCUT2D eigenvalue weighted by Crippen LogP contribution is 2.27. The van der Waals surface area contributed by atoms with Crippen LogP contribution in [0.1, 0.15) is 23.0 Å². The summed E-state index contributed by atoms with van der Waals surface area (Å²) in [6, 6.07) is 1.52. The monoisotopic (exact) mass is 401 g/mol. The van der Waals surface area contributed by atoms with Crippen LogP contribution in [0.15, 0.2) is 6.07 Å². The summed E-state index contributed by atoms with van der Waals surface area (Å²) in [5.74, 6) is 0.145. The molecule has 0 atom stereocenters. The van der Waals surface area contributed by atoms with E-state index in [-0.39, 0.29) is 30.5 Å². The molecule has 24 heavy (non-hydrogen) atoms. The van der Waals surface area contributed by atoms with Gasteiger partial charge in [-0.3, -0.25) is 0 Å². The van der Waals surface area contributed by atoms with Crippen molar-refractivity contribution in [2.75, 3.05) is 38.5 Å². The van der Waals surface area contributed by atoms with E-state index in [0.29, 0.717) is 41.4 Å². The maximum Gasteiger partial charge on any atom is 0.378 e. The molecule has 138 valence electrons. The number of carbonyl (C=O) groups is 1.